The van der Waals surface area contributed by atoms with Crippen LogP contribution in [0.2, 0.25) is 0 Å². The highest BCUT2D eigenvalue weighted by molar-refractivity contribution is 4.84. The molecule has 0 aliphatic carbocycles. The van der Waals surface area contributed by atoms with Gasteiger partial charge in [-0.05, 0) is 37.6 Å². The van der Waals surface area contributed by atoms with Gasteiger partial charge in [0.05, 0.1) is 0 Å². The van der Waals surface area contributed by atoms with E-state index in [1.807, 2.05) is 0 Å². The Kier molecular flexibility index (Phi) is 5.77. The van der Waals surface area contributed by atoms with Gasteiger partial charge in [0.1, 0.15) is 0 Å². The molecule has 2 heteroatoms. The van der Waals surface area contributed by atoms with Crippen molar-refractivity contribution in [1.82, 2.24) is 4.90 Å². The van der Waals surface area contributed by atoms with E-state index < -0.39 is 0 Å². The van der Waals surface area contributed by atoms with Crippen LogP contribution >= 0.6 is 0 Å². The molecule has 0 radical (unpaired) electrons. The molecule has 96 valence electrons. The highest BCUT2D eigenvalue weighted by atomic mass is 15.2. The zero-order valence-electron chi connectivity index (χ0n) is 11.6. The fourth-order valence-corrected chi connectivity index (χ4v) is 2.66. The first-order chi connectivity index (χ1) is 7.58. The Hall–Kier alpha value is -0.0800. The molecule has 1 saturated heterocycles. The van der Waals surface area contributed by atoms with Crippen LogP contribution in [0.5, 0.6) is 0 Å². The van der Waals surface area contributed by atoms with Crippen molar-refractivity contribution < 1.29 is 0 Å². The van der Waals surface area contributed by atoms with Crippen molar-refractivity contribution in [3.8, 4) is 0 Å². The summed E-state index contributed by atoms with van der Waals surface area (Å²) in [6.07, 6.45) is 5.19. The predicted molar refractivity (Wildman–Crippen MR) is 71.5 cm³/mol. The Morgan fingerprint density at radius 1 is 1.31 bits per heavy atom. The zero-order chi connectivity index (χ0) is 12.1. The fraction of sp³-hybridized carbons (Fsp3) is 1.00. The molecule has 16 heavy (non-hydrogen) atoms. The van der Waals surface area contributed by atoms with E-state index in [1.54, 1.807) is 0 Å². The van der Waals surface area contributed by atoms with Crippen LogP contribution in [0.15, 0.2) is 0 Å². The topological polar surface area (TPSA) is 29.3 Å². The van der Waals surface area contributed by atoms with Crippen LogP contribution in [-0.2, 0) is 0 Å². The molecule has 0 bridgehead atoms. The van der Waals surface area contributed by atoms with Crippen molar-refractivity contribution in [2.75, 3.05) is 13.1 Å². The Morgan fingerprint density at radius 2 is 2.00 bits per heavy atom. The molecule has 1 aliphatic heterocycles. The predicted octanol–water partition coefficient (Wildman–Crippen LogP) is 2.87. The summed E-state index contributed by atoms with van der Waals surface area (Å²) in [5, 5.41) is 0. The third-order valence-electron chi connectivity index (χ3n) is 4.41. The average molecular weight is 226 g/mol. The number of hydrogen-bond donors (Lipinski definition) is 1. The van der Waals surface area contributed by atoms with E-state index in [0.717, 1.165) is 18.5 Å². The van der Waals surface area contributed by atoms with Gasteiger partial charge in [-0.25, -0.2) is 0 Å². The molecule has 1 fully saturated rings. The largest absolute Gasteiger partial charge is 0.326 e. The van der Waals surface area contributed by atoms with Crippen molar-refractivity contribution in [2.24, 2.45) is 17.6 Å². The Balaban J connectivity index is 2.47. The first-order valence-electron chi connectivity index (χ1n) is 7.08. The van der Waals surface area contributed by atoms with Crippen LogP contribution < -0.4 is 5.73 Å². The molecule has 1 heterocycles. The van der Waals surface area contributed by atoms with E-state index in [4.69, 9.17) is 5.73 Å². The van der Waals surface area contributed by atoms with E-state index in [-0.39, 0.29) is 0 Å². The Labute approximate surface area is 102 Å². The molecule has 4 unspecified atom stereocenters. The van der Waals surface area contributed by atoms with Gasteiger partial charge >= 0.3 is 0 Å². The van der Waals surface area contributed by atoms with E-state index in [2.05, 4.69) is 32.6 Å². The Bertz CT molecular complexity index is 191. The van der Waals surface area contributed by atoms with E-state index in [9.17, 15) is 0 Å². The van der Waals surface area contributed by atoms with Crippen LogP contribution in [-0.4, -0.2) is 30.1 Å². The first kappa shape index (κ1) is 14.0. The zero-order valence-corrected chi connectivity index (χ0v) is 11.6. The molecule has 1 aliphatic rings. The van der Waals surface area contributed by atoms with E-state index in [1.165, 1.54) is 32.2 Å². The lowest BCUT2D eigenvalue weighted by molar-refractivity contribution is 0.103. The summed E-state index contributed by atoms with van der Waals surface area (Å²) < 4.78 is 0. The van der Waals surface area contributed by atoms with Crippen LogP contribution in [0.3, 0.4) is 0 Å². The summed E-state index contributed by atoms with van der Waals surface area (Å²) >= 11 is 0. The quantitative estimate of drug-likeness (QED) is 0.781. The second-order valence-electron chi connectivity index (χ2n) is 5.74. The minimum Gasteiger partial charge on any atom is -0.326 e. The smallest absolute Gasteiger partial charge is 0.0194 e. The van der Waals surface area contributed by atoms with Gasteiger partial charge in [0.15, 0.2) is 0 Å². The molecule has 4 atom stereocenters. The van der Waals surface area contributed by atoms with Crippen molar-refractivity contribution in [3.05, 3.63) is 0 Å². The number of piperidine rings is 1. The number of hydrogen-bond acceptors (Lipinski definition) is 2. The minimum absolute atomic E-state index is 0.389. The maximum atomic E-state index is 6.18. The highest BCUT2D eigenvalue weighted by Crippen LogP contribution is 2.23. The van der Waals surface area contributed by atoms with Crippen molar-refractivity contribution in [1.29, 1.82) is 0 Å². The maximum Gasteiger partial charge on any atom is 0.0194 e. The van der Waals surface area contributed by atoms with Gasteiger partial charge in [-0.3, -0.25) is 4.90 Å². The highest BCUT2D eigenvalue weighted by Gasteiger charge is 2.27. The number of likely N-dealkylation sites (tertiary alicyclic amines) is 1. The SMILES string of the molecule is CCC(C)CC(CC)N1CCC(C)C(N)C1. The first-order valence-corrected chi connectivity index (χ1v) is 7.08. The molecular weight excluding hydrogens is 196 g/mol. The van der Waals surface area contributed by atoms with E-state index >= 15 is 0 Å². The van der Waals surface area contributed by atoms with Crippen LogP contribution in [0.4, 0.5) is 0 Å². The number of nitrogens with two attached hydrogens (primary N) is 1. The third-order valence-corrected chi connectivity index (χ3v) is 4.41. The second-order valence-corrected chi connectivity index (χ2v) is 5.74. The molecule has 1 rings (SSSR count). The van der Waals surface area contributed by atoms with E-state index in [0.29, 0.717) is 12.0 Å². The van der Waals surface area contributed by atoms with Gasteiger partial charge in [-0.2, -0.15) is 0 Å². The summed E-state index contributed by atoms with van der Waals surface area (Å²) in [5.74, 6) is 1.55. The van der Waals surface area contributed by atoms with Crippen LogP contribution in [0, 0.1) is 11.8 Å². The molecule has 2 N–H and O–H groups in total. The second kappa shape index (κ2) is 6.61. The molecule has 2 nitrogen and oxygen atoms in total. The van der Waals surface area contributed by atoms with Crippen molar-refractivity contribution in [2.45, 2.75) is 65.5 Å². The van der Waals surface area contributed by atoms with Crippen molar-refractivity contribution in [3.63, 3.8) is 0 Å². The third kappa shape index (κ3) is 3.74. The van der Waals surface area contributed by atoms with Gasteiger partial charge in [0, 0.05) is 18.6 Å². The van der Waals surface area contributed by atoms with Crippen molar-refractivity contribution >= 4 is 0 Å². The van der Waals surface area contributed by atoms with Gasteiger partial charge in [-0.15, -0.1) is 0 Å². The number of nitrogens with zero attached hydrogens (tertiary/aromatic N) is 1. The van der Waals surface area contributed by atoms with Crippen LogP contribution in [0.25, 0.3) is 0 Å². The molecule has 0 spiro atoms. The summed E-state index contributed by atoms with van der Waals surface area (Å²) in [6.45, 7) is 11.6. The van der Waals surface area contributed by atoms with Gasteiger partial charge in [0.2, 0.25) is 0 Å². The average Bonchev–Trinajstić information content (AvgIpc) is 2.29. The lowest BCUT2D eigenvalue weighted by atomic mass is 9.90. The lowest BCUT2D eigenvalue weighted by Gasteiger charge is -2.40. The molecule has 0 saturated carbocycles. The lowest BCUT2D eigenvalue weighted by Crippen LogP contribution is -2.51. The van der Waals surface area contributed by atoms with Gasteiger partial charge < -0.3 is 5.73 Å². The summed E-state index contributed by atoms with van der Waals surface area (Å²) in [5.41, 5.74) is 6.18. The normalized spacial score (nSPS) is 31.3. The molecule has 0 aromatic rings. The maximum absolute atomic E-state index is 6.18. The Morgan fingerprint density at radius 3 is 2.50 bits per heavy atom. The number of rotatable bonds is 5. The standard InChI is InChI=1S/C14H30N2/c1-5-11(3)9-13(6-2)16-8-7-12(4)14(15)10-16/h11-14H,5-10,15H2,1-4H3. The molecule has 0 aromatic heterocycles. The molecular formula is C14H30N2. The summed E-state index contributed by atoms with van der Waals surface area (Å²) in [7, 11) is 0. The van der Waals surface area contributed by atoms with Crippen LogP contribution in [0.1, 0.15) is 53.4 Å². The molecule has 0 aromatic carbocycles. The van der Waals surface area contributed by atoms with Gasteiger partial charge in [0.25, 0.3) is 0 Å². The molecule has 0 amide bonds. The van der Waals surface area contributed by atoms with Gasteiger partial charge in [-0.1, -0.05) is 34.1 Å². The fourth-order valence-electron chi connectivity index (χ4n) is 2.66. The monoisotopic (exact) mass is 226 g/mol. The summed E-state index contributed by atoms with van der Waals surface area (Å²) in [4.78, 5) is 2.64. The summed E-state index contributed by atoms with van der Waals surface area (Å²) in [6, 6.07) is 1.15. The minimum atomic E-state index is 0.389.